The fourth-order valence-electron chi connectivity index (χ4n) is 2.20. The highest BCUT2D eigenvalue weighted by Crippen LogP contribution is 2.30. The molecule has 0 spiro atoms. The monoisotopic (exact) mass is 272 g/mol. The Morgan fingerprint density at radius 1 is 1.44 bits per heavy atom. The molecule has 0 radical (unpaired) electrons. The zero-order valence-electron chi connectivity index (χ0n) is 11.0. The fourth-order valence-corrected chi connectivity index (χ4v) is 2.68. The molecule has 0 saturated heterocycles. The van der Waals surface area contributed by atoms with Gasteiger partial charge in [0, 0.05) is 19.2 Å². The maximum absolute atomic E-state index is 11.9. The molecule has 18 heavy (non-hydrogen) atoms. The molecule has 2 rings (SSSR count). The van der Waals surface area contributed by atoms with Crippen LogP contribution in [0.3, 0.4) is 0 Å². The second-order valence-electron chi connectivity index (χ2n) is 5.47. The van der Waals surface area contributed by atoms with Gasteiger partial charge in [0.1, 0.15) is 10.6 Å². The van der Waals surface area contributed by atoms with Crippen LogP contribution in [0, 0.1) is 5.92 Å². The van der Waals surface area contributed by atoms with Gasteiger partial charge in [-0.3, -0.25) is 0 Å². The number of hydrogen-bond donors (Lipinski definition) is 1. The molecule has 1 atom stereocenters. The molecule has 0 fully saturated rings. The predicted molar refractivity (Wildman–Crippen MR) is 68.8 cm³/mol. The van der Waals surface area contributed by atoms with Gasteiger partial charge < -0.3 is 10.3 Å². The fraction of sp³-hybridized carbons (Fsp3) is 0.818. The number of nitrogens with two attached hydrogens (primary N) is 1. The molecule has 7 heteroatoms. The van der Waals surface area contributed by atoms with E-state index in [1.807, 2.05) is 4.57 Å². The molecule has 6 nitrogen and oxygen atoms in total. The third kappa shape index (κ3) is 2.05. The van der Waals surface area contributed by atoms with Crippen molar-refractivity contribution in [3.05, 3.63) is 11.6 Å². The van der Waals surface area contributed by atoms with E-state index < -0.39 is 14.6 Å². The summed E-state index contributed by atoms with van der Waals surface area (Å²) in [6, 6.07) is 0. The highest BCUT2D eigenvalue weighted by molar-refractivity contribution is 7.91. The Kier molecular flexibility index (Phi) is 3.23. The minimum Gasteiger partial charge on any atom is -0.330 e. The first kappa shape index (κ1) is 13.5. The number of aryl methyl sites for hydroxylation is 1. The molecule has 1 aromatic rings. The zero-order valence-corrected chi connectivity index (χ0v) is 11.9. The van der Waals surface area contributed by atoms with E-state index in [4.69, 9.17) is 5.73 Å². The van der Waals surface area contributed by atoms with Gasteiger partial charge in [0.25, 0.3) is 0 Å². The molecule has 0 aromatic carbocycles. The van der Waals surface area contributed by atoms with Gasteiger partial charge in [-0.05, 0) is 32.7 Å². The van der Waals surface area contributed by atoms with Crippen molar-refractivity contribution in [3.63, 3.8) is 0 Å². The van der Waals surface area contributed by atoms with Crippen LogP contribution in [0.15, 0.2) is 0 Å². The highest BCUT2D eigenvalue weighted by Gasteiger charge is 2.39. The van der Waals surface area contributed by atoms with E-state index in [2.05, 4.69) is 10.2 Å². The van der Waals surface area contributed by atoms with Crippen LogP contribution >= 0.6 is 0 Å². The van der Waals surface area contributed by atoms with E-state index in [1.54, 1.807) is 13.8 Å². The van der Waals surface area contributed by atoms with Crippen molar-refractivity contribution in [2.24, 2.45) is 11.7 Å². The molecule has 1 aliphatic rings. The van der Waals surface area contributed by atoms with Crippen LogP contribution in [0.25, 0.3) is 0 Å². The number of rotatable bonds is 3. The van der Waals surface area contributed by atoms with Crippen molar-refractivity contribution >= 4 is 9.84 Å². The van der Waals surface area contributed by atoms with Crippen LogP contribution in [-0.2, 0) is 27.5 Å². The average molecular weight is 272 g/mol. The minimum atomic E-state index is -3.24. The zero-order chi connectivity index (χ0) is 13.6. The van der Waals surface area contributed by atoms with Crippen LogP contribution in [0.1, 0.15) is 31.9 Å². The van der Waals surface area contributed by atoms with Gasteiger partial charge in [0.15, 0.2) is 15.7 Å². The molecule has 0 amide bonds. The Morgan fingerprint density at radius 2 is 2.11 bits per heavy atom. The SMILES string of the molecule is CC(C)(c1nnc2n1CC(CN)CC2)S(C)(=O)=O. The smallest absolute Gasteiger partial charge is 0.159 e. The molecule has 0 saturated carbocycles. The summed E-state index contributed by atoms with van der Waals surface area (Å²) in [6.45, 7) is 4.67. The van der Waals surface area contributed by atoms with Crippen molar-refractivity contribution in [2.75, 3.05) is 12.8 Å². The summed E-state index contributed by atoms with van der Waals surface area (Å²) in [6.07, 6.45) is 3.04. The van der Waals surface area contributed by atoms with Crippen LogP contribution in [0.4, 0.5) is 0 Å². The molecule has 0 aliphatic carbocycles. The Labute approximate surface area is 108 Å². The lowest BCUT2D eigenvalue weighted by Gasteiger charge is -2.27. The quantitative estimate of drug-likeness (QED) is 0.841. The van der Waals surface area contributed by atoms with Crippen LogP contribution < -0.4 is 5.73 Å². The van der Waals surface area contributed by atoms with Gasteiger partial charge >= 0.3 is 0 Å². The molecule has 1 unspecified atom stereocenters. The van der Waals surface area contributed by atoms with Crippen molar-refractivity contribution < 1.29 is 8.42 Å². The lowest BCUT2D eigenvalue weighted by molar-refractivity contribution is 0.360. The second-order valence-corrected chi connectivity index (χ2v) is 8.04. The Balaban J connectivity index is 2.46. The van der Waals surface area contributed by atoms with Crippen molar-refractivity contribution in [2.45, 2.75) is 38.0 Å². The van der Waals surface area contributed by atoms with Crippen LogP contribution in [0.5, 0.6) is 0 Å². The van der Waals surface area contributed by atoms with Gasteiger partial charge in [-0.1, -0.05) is 0 Å². The van der Waals surface area contributed by atoms with Gasteiger partial charge in [-0.2, -0.15) is 0 Å². The van der Waals surface area contributed by atoms with Crippen molar-refractivity contribution in [1.29, 1.82) is 0 Å². The van der Waals surface area contributed by atoms with Crippen molar-refractivity contribution in [1.82, 2.24) is 14.8 Å². The molecule has 2 heterocycles. The maximum Gasteiger partial charge on any atom is 0.159 e. The van der Waals surface area contributed by atoms with E-state index in [1.165, 1.54) is 6.26 Å². The Morgan fingerprint density at radius 3 is 2.67 bits per heavy atom. The first-order valence-corrected chi connectivity index (χ1v) is 7.98. The van der Waals surface area contributed by atoms with E-state index in [0.29, 0.717) is 24.8 Å². The summed E-state index contributed by atoms with van der Waals surface area (Å²) in [5.74, 6) is 1.77. The molecular formula is C11H20N4O2S. The van der Waals surface area contributed by atoms with E-state index >= 15 is 0 Å². The number of hydrogen-bond acceptors (Lipinski definition) is 5. The molecule has 0 bridgehead atoms. The lowest BCUT2D eigenvalue weighted by atomic mass is 9.99. The van der Waals surface area contributed by atoms with Gasteiger partial charge in [-0.25, -0.2) is 8.42 Å². The maximum atomic E-state index is 11.9. The third-order valence-electron chi connectivity index (χ3n) is 3.84. The minimum absolute atomic E-state index is 0.377. The lowest BCUT2D eigenvalue weighted by Crippen LogP contribution is -2.35. The molecule has 2 N–H and O–H groups in total. The van der Waals surface area contributed by atoms with E-state index in [-0.39, 0.29) is 0 Å². The molecule has 1 aliphatic heterocycles. The Bertz CT molecular complexity index is 547. The molecular weight excluding hydrogens is 252 g/mol. The molecule has 1 aromatic heterocycles. The summed E-state index contributed by atoms with van der Waals surface area (Å²) in [7, 11) is -3.24. The number of aromatic nitrogens is 3. The summed E-state index contributed by atoms with van der Waals surface area (Å²) in [5.41, 5.74) is 5.70. The van der Waals surface area contributed by atoms with Crippen molar-refractivity contribution in [3.8, 4) is 0 Å². The van der Waals surface area contributed by atoms with Crippen LogP contribution in [-0.4, -0.2) is 36.0 Å². The summed E-state index contributed by atoms with van der Waals surface area (Å²) in [4.78, 5) is 0. The van der Waals surface area contributed by atoms with Gasteiger partial charge in [0.05, 0.1) is 0 Å². The largest absolute Gasteiger partial charge is 0.330 e. The van der Waals surface area contributed by atoms with Crippen LogP contribution in [0.2, 0.25) is 0 Å². The Hall–Kier alpha value is -0.950. The normalized spacial score (nSPS) is 20.8. The summed E-state index contributed by atoms with van der Waals surface area (Å²) < 4.78 is 24.7. The standard InChI is InChI=1S/C11H20N4O2S/c1-11(2,18(3,16)17)10-14-13-9-5-4-8(6-12)7-15(9)10/h8H,4-7,12H2,1-3H3. The number of nitrogens with zero attached hydrogens (tertiary/aromatic N) is 3. The predicted octanol–water partition coefficient (Wildman–Crippen LogP) is 0.0789. The summed E-state index contributed by atoms with van der Waals surface area (Å²) in [5, 5.41) is 8.21. The number of sulfone groups is 1. The van der Waals surface area contributed by atoms with Gasteiger partial charge in [0.2, 0.25) is 0 Å². The first-order valence-electron chi connectivity index (χ1n) is 6.09. The molecule has 102 valence electrons. The third-order valence-corrected chi connectivity index (χ3v) is 5.88. The average Bonchev–Trinajstić information content (AvgIpc) is 2.70. The highest BCUT2D eigenvalue weighted by atomic mass is 32.2. The number of fused-ring (bicyclic) bond motifs is 1. The first-order chi connectivity index (χ1) is 8.27. The summed E-state index contributed by atoms with van der Waals surface area (Å²) >= 11 is 0. The van der Waals surface area contributed by atoms with E-state index in [9.17, 15) is 8.42 Å². The van der Waals surface area contributed by atoms with E-state index in [0.717, 1.165) is 18.7 Å². The second kappa shape index (κ2) is 4.31. The topological polar surface area (TPSA) is 90.9 Å². The van der Waals surface area contributed by atoms with Gasteiger partial charge in [-0.15, -0.1) is 10.2 Å².